The Kier molecular flexibility index (Phi) is 5.84. The summed E-state index contributed by atoms with van der Waals surface area (Å²) in [4.78, 5) is 29.4. The summed E-state index contributed by atoms with van der Waals surface area (Å²) in [7, 11) is 0. The normalized spacial score (nSPS) is 14.7. The second-order valence-corrected chi connectivity index (χ2v) is 9.86. The Morgan fingerprint density at radius 1 is 0.816 bits per heavy atom. The van der Waals surface area contributed by atoms with Crippen molar-refractivity contribution in [2.45, 2.75) is 33.4 Å². The van der Waals surface area contributed by atoms with Crippen LogP contribution in [0.1, 0.15) is 50.0 Å². The minimum Gasteiger partial charge on any atom is -0.489 e. The number of ether oxygens (including phenoxy) is 1. The largest absolute Gasteiger partial charge is 0.489 e. The maximum atomic E-state index is 13.9. The monoisotopic (exact) mass is 501 g/mol. The average molecular weight is 502 g/mol. The number of hydrogen-bond acceptors (Lipinski definition) is 4. The van der Waals surface area contributed by atoms with Crippen molar-refractivity contribution < 1.29 is 13.9 Å². The number of carbonyl (C=O) groups is 1. The number of fused-ring (bicyclic) bond motifs is 2. The van der Waals surface area contributed by atoms with Crippen molar-refractivity contribution in [1.29, 1.82) is 0 Å². The summed E-state index contributed by atoms with van der Waals surface area (Å²) in [6, 6.07) is 28.4. The van der Waals surface area contributed by atoms with Gasteiger partial charge in [-0.15, -0.1) is 0 Å². The lowest BCUT2D eigenvalue weighted by Crippen LogP contribution is -2.29. The van der Waals surface area contributed by atoms with Gasteiger partial charge in [-0.3, -0.25) is 14.5 Å². The van der Waals surface area contributed by atoms with Gasteiger partial charge >= 0.3 is 0 Å². The van der Waals surface area contributed by atoms with Crippen molar-refractivity contribution in [2.24, 2.45) is 0 Å². The zero-order valence-electron chi connectivity index (χ0n) is 21.5. The minimum absolute atomic E-state index is 0.0979. The van der Waals surface area contributed by atoms with Crippen molar-refractivity contribution >= 4 is 22.6 Å². The van der Waals surface area contributed by atoms with E-state index < -0.39 is 6.04 Å². The number of rotatable bonds is 5. The SMILES string of the molecule is Cc1ccc(N2C(=O)c3oc4cc(C)c(C)cc4c(=O)c3C2c2ccc(OCc3ccccc3)cc2)cc1. The van der Waals surface area contributed by atoms with Gasteiger partial charge < -0.3 is 9.15 Å². The first-order valence-electron chi connectivity index (χ1n) is 12.7. The highest BCUT2D eigenvalue weighted by molar-refractivity contribution is 6.10. The number of carbonyl (C=O) groups excluding carboxylic acids is 1. The van der Waals surface area contributed by atoms with Crippen molar-refractivity contribution in [1.82, 2.24) is 0 Å². The third kappa shape index (κ3) is 4.06. The van der Waals surface area contributed by atoms with Gasteiger partial charge in [-0.1, -0.05) is 60.2 Å². The molecule has 1 aliphatic heterocycles. The molecule has 0 N–H and O–H groups in total. The predicted octanol–water partition coefficient (Wildman–Crippen LogP) is 7.05. The van der Waals surface area contributed by atoms with E-state index in [1.807, 2.05) is 112 Å². The Balaban J connectivity index is 1.46. The molecule has 5 aromatic rings. The lowest BCUT2D eigenvalue weighted by atomic mass is 9.97. The summed E-state index contributed by atoms with van der Waals surface area (Å²) >= 11 is 0. The lowest BCUT2D eigenvalue weighted by molar-refractivity contribution is 0.0971. The van der Waals surface area contributed by atoms with E-state index in [9.17, 15) is 9.59 Å². The zero-order valence-corrected chi connectivity index (χ0v) is 21.5. The van der Waals surface area contributed by atoms with Gasteiger partial charge in [0.15, 0.2) is 5.43 Å². The van der Waals surface area contributed by atoms with E-state index in [0.29, 0.717) is 34.6 Å². The highest BCUT2D eigenvalue weighted by atomic mass is 16.5. The van der Waals surface area contributed by atoms with Gasteiger partial charge in [-0.2, -0.15) is 0 Å². The fourth-order valence-corrected chi connectivity index (χ4v) is 5.00. The standard InChI is InChI=1S/C33H27NO4/c1-20-9-13-25(14-10-20)34-30(24-11-15-26(16-12-24)37-19-23-7-5-4-6-8-23)29-31(35)27-17-21(2)22(3)18-28(27)38-32(29)33(34)36/h4-18,30H,19H2,1-3H3. The zero-order chi connectivity index (χ0) is 26.4. The molecule has 0 bridgehead atoms. The van der Waals surface area contributed by atoms with E-state index >= 15 is 0 Å². The molecule has 1 aromatic heterocycles. The molecule has 1 atom stereocenters. The Bertz CT molecular complexity index is 1720. The highest BCUT2D eigenvalue weighted by Gasteiger charge is 2.43. The molecule has 6 rings (SSSR count). The molecular weight excluding hydrogens is 474 g/mol. The second-order valence-electron chi connectivity index (χ2n) is 9.86. The number of benzene rings is 4. The predicted molar refractivity (Wildman–Crippen MR) is 149 cm³/mol. The molecule has 0 aliphatic carbocycles. The van der Waals surface area contributed by atoms with Gasteiger partial charge in [0, 0.05) is 5.69 Å². The molecule has 1 aliphatic rings. The summed E-state index contributed by atoms with van der Waals surface area (Å²) in [5.41, 5.74) is 6.29. The average Bonchev–Trinajstić information content (AvgIpc) is 3.22. The van der Waals surface area contributed by atoms with Gasteiger partial charge in [0.2, 0.25) is 5.76 Å². The van der Waals surface area contributed by atoms with Crippen LogP contribution in [0.2, 0.25) is 0 Å². The van der Waals surface area contributed by atoms with Crippen LogP contribution in [0.25, 0.3) is 11.0 Å². The Labute approximate surface area is 220 Å². The van der Waals surface area contributed by atoms with E-state index in [-0.39, 0.29) is 17.1 Å². The third-order valence-electron chi connectivity index (χ3n) is 7.24. The van der Waals surface area contributed by atoms with Gasteiger partial charge in [-0.05, 0) is 79.4 Å². The summed E-state index contributed by atoms with van der Waals surface area (Å²) in [6.07, 6.45) is 0. The highest BCUT2D eigenvalue weighted by Crippen LogP contribution is 2.41. The Hall–Kier alpha value is -4.64. The number of hydrogen-bond donors (Lipinski definition) is 0. The number of anilines is 1. The lowest BCUT2D eigenvalue weighted by Gasteiger charge is -2.25. The summed E-state index contributed by atoms with van der Waals surface area (Å²) in [5.74, 6) is 0.483. The van der Waals surface area contributed by atoms with E-state index in [1.54, 1.807) is 4.90 Å². The molecule has 5 nitrogen and oxygen atoms in total. The summed E-state index contributed by atoms with van der Waals surface area (Å²) < 4.78 is 12.1. The van der Waals surface area contributed by atoms with Gasteiger partial charge in [0.25, 0.3) is 5.91 Å². The first kappa shape index (κ1) is 23.7. The van der Waals surface area contributed by atoms with Crippen molar-refractivity contribution in [3.63, 3.8) is 0 Å². The fraction of sp³-hybridized carbons (Fsp3) is 0.152. The second kappa shape index (κ2) is 9.34. The van der Waals surface area contributed by atoms with E-state index in [4.69, 9.17) is 9.15 Å². The topological polar surface area (TPSA) is 59.8 Å². The van der Waals surface area contributed by atoms with E-state index in [1.165, 1.54) is 0 Å². The van der Waals surface area contributed by atoms with Gasteiger partial charge in [0.05, 0.1) is 17.0 Å². The van der Waals surface area contributed by atoms with Crippen molar-refractivity contribution in [3.8, 4) is 5.75 Å². The maximum absolute atomic E-state index is 13.9. The molecule has 38 heavy (non-hydrogen) atoms. The molecule has 0 spiro atoms. The quantitative estimate of drug-likeness (QED) is 0.259. The first-order valence-corrected chi connectivity index (χ1v) is 12.7. The molecule has 0 fully saturated rings. The van der Waals surface area contributed by atoms with Crippen LogP contribution in [0.15, 0.2) is 100 Å². The van der Waals surface area contributed by atoms with Crippen LogP contribution in [0.4, 0.5) is 5.69 Å². The number of nitrogens with zero attached hydrogens (tertiary/aromatic N) is 1. The minimum atomic E-state index is -0.620. The van der Waals surface area contributed by atoms with Crippen LogP contribution >= 0.6 is 0 Å². The first-order chi connectivity index (χ1) is 18.4. The van der Waals surface area contributed by atoms with Crippen LogP contribution in [-0.2, 0) is 6.61 Å². The van der Waals surface area contributed by atoms with E-state index in [2.05, 4.69) is 0 Å². The molecule has 0 saturated heterocycles. The molecule has 4 aromatic carbocycles. The molecular formula is C33H27NO4. The Morgan fingerprint density at radius 3 is 2.21 bits per heavy atom. The number of amides is 1. The van der Waals surface area contributed by atoms with Crippen LogP contribution in [0.3, 0.4) is 0 Å². The molecule has 5 heteroatoms. The summed E-state index contributed by atoms with van der Waals surface area (Å²) in [6.45, 7) is 6.39. The van der Waals surface area contributed by atoms with Crippen LogP contribution in [0, 0.1) is 20.8 Å². The van der Waals surface area contributed by atoms with E-state index in [0.717, 1.165) is 27.8 Å². The van der Waals surface area contributed by atoms with Gasteiger partial charge in [0.1, 0.15) is 17.9 Å². The molecule has 0 radical (unpaired) electrons. The molecule has 188 valence electrons. The molecule has 0 saturated carbocycles. The Morgan fingerprint density at radius 2 is 1.50 bits per heavy atom. The van der Waals surface area contributed by atoms with Gasteiger partial charge in [-0.25, -0.2) is 0 Å². The maximum Gasteiger partial charge on any atom is 0.295 e. The van der Waals surface area contributed by atoms with Crippen LogP contribution in [-0.4, -0.2) is 5.91 Å². The fourth-order valence-electron chi connectivity index (χ4n) is 5.00. The van der Waals surface area contributed by atoms with Crippen molar-refractivity contribution in [3.05, 3.63) is 140 Å². The van der Waals surface area contributed by atoms with Crippen LogP contribution in [0.5, 0.6) is 5.75 Å². The van der Waals surface area contributed by atoms with Crippen LogP contribution < -0.4 is 15.1 Å². The number of aryl methyl sites for hydroxylation is 3. The summed E-state index contributed by atoms with van der Waals surface area (Å²) in [5, 5.41) is 0.484. The molecule has 2 heterocycles. The molecule has 1 amide bonds. The third-order valence-corrected chi connectivity index (χ3v) is 7.24. The smallest absolute Gasteiger partial charge is 0.295 e. The van der Waals surface area contributed by atoms with Crippen molar-refractivity contribution in [2.75, 3.05) is 4.90 Å². The molecule has 1 unspecified atom stereocenters.